The van der Waals surface area contributed by atoms with Gasteiger partial charge < -0.3 is 103 Å². The van der Waals surface area contributed by atoms with Gasteiger partial charge >= 0.3 is 11.9 Å². The van der Waals surface area contributed by atoms with E-state index in [1.807, 2.05) is 6.92 Å². The molecule has 1 aliphatic heterocycles. The molecule has 2 heterocycles. The number of aromatic nitrogens is 1. The van der Waals surface area contributed by atoms with Crippen molar-refractivity contribution in [2.75, 3.05) is 66.4 Å². The van der Waals surface area contributed by atoms with Crippen LogP contribution in [0, 0.1) is 5.92 Å². The van der Waals surface area contributed by atoms with E-state index in [1.165, 1.54) is 76.7 Å². The fraction of sp³-hybridized carbons (Fsp3) is 0.409. The number of carboxylic acid groups (broad SMARTS) is 2. The minimum Gasteiger partial charge on any atom is -0.508 e. The van der Waals surface area contributed by atoms with Gasteiger partial charge in [0.25, 0.3) is 0 Å². The molecule has 37 nitrogen and oxygen atoms in total. The highest BCUT2D eigenvalue weighted by Gasteiger charge is 2.42. The Kier molecular flexibility index (Phi) is 39.0. The molecule has 1 fully saturated rings. The molecule has 16 N–H and O–H groups in total. The number of unbranched alkanes of at least 4 members (excludes halogenated alkanes) is 1. The second-order valence-corrected chi connectivity index (χ2v) is 33.9. The maximum Gasteiger partial charge on any atom is 0.305 e. The van der Waals surface area contributed by atoms with E-state index in [9.17, 15) is 63.6 Å². The Hall–Kier alpha value is -14.2. The van der Waals surface area contributed by atoms with E-state index < -0.39 is 217 Å². The number of carboxylic acids is 2. The maximum atomic E-state index is 15.5. The molecule has 0 saturated carbocycles. The van der Waals surface area contributed by atoms with E-state index in [4.69, 9.17) is 5.73 Å². The summed E-state index contributed by atoms with van der Waals surface area (Å²) in [7, 11) is 6.26. The number of hydrogen-bond donors (Lipinski definition) is 15. The molecule has 7 aromatic rings. The molecule has 6 aromatic carbocycles. The second-order valence-electron chi connectivity index (χ2n) is 32.8. The number of phenols is 2. The average molecular weight is 1830 g/mol. The predicted octanol–water partition coefficient (Wildman–Crippen LogP) is 1.54. The molecule has 11 atom stereocenters. The number of rotatable bonds is 25. The molecule has 15 amide bonds. The van der Waals surface area contributed by atoms with E-state index in [-0.39, 0.29) is 68.8 Å². The second kappa shape index (κ2) is 49.9. The van der Waals surface area contributed by atoms with Crippen molar-refractivity contribution in [3.8, 4) is 11.5 Å². The number of carbonyl (C=O) groups is 17. The first-order valence-corrected chi connectivity index (χ1v) is 44.0. The van der Waals surface area contributed by atoms with Gasteiger partial charge in [-0.3, -0.25) is 81.5 Å². The van der Waals surface area contributed by atoms with E-state index in [0.29, 0.717) is 57.1 Å². The lowest BCUT2D eigenvalue weighted by molar-refractivity contribution is -0.151. The molecule has 700 valence electrons. The first kappa shape index (κ1) is 102. The van der Waals surface area contributed by atoms with Crippen molar-refractivity contribution >= 4 is 123 Å². The van der Waals surface area contributed by atoms with Crippen molar-refractivity contribution in [3.05, 3.63) is 203 Å². The summed E-state index contributed by atoms with van der Waals surface area (Å²) in [5.41, 5.74) is 8.86. The van der Waals surface area contributed by atoms with Gasteiger partial charge in [-0.05, 0) is 88.9 Å². The summed E-state index contributed by atoms with van der Waals surface area (Å²) in [5, 5.41) is 65.1. The zero-order valence-electron chi connectivity index (χ0n) is 74.3. The summed E-state index contributed by atoms with van der Waals surface area (Å²) >= 11 is 0.814. The van der Waals surface area contributed by atoms with E-state index in [0.717, 1.165) is 43.3 Å². The highest BCUT2D eigenvalue weighted by atomic mass is 32.2. The van der Waals surface area contributed by atoms with Gasteiger partial charge in [-0.1, -0.05) is 167 Å². The third kappa shape index (κ3) is 31.6. The number of likely N-dealkylation sites (N-methyl/N-ethyl adjacent to an activating group) is 5. The molecule has 0 aliphatic carbocycles. The predicted molar refractivity (Wildman–Crippen MR) is 484 cm³/mol. The number of nitrogens with zero attached hydrogens (tertiary/aromatic N) is 5. The minimum atomic E-state index is -2.05. The first-order valence-electron chi connectivity index (χ1n) is 42.9. The number of fused-ring (bicyclic) bond motifs is 1. The average Bonchev–Trinajstić information content (AvgIpc) is 1.57. The van der Waals surface area contributed by atoms with Crippen molar-refractivity contribution < 1.29 is 102 Å². The van der Waals surface area contributed by atoms with E-state index in [2.05, 4.69) is 52.8 Å². The first-order chi connectivity index (χ1) is 62.4. The molecule has 11 unspecified atom stereocenters. The lowest BCUT2D eigenvalue weighted by atomic mass is 9.99. The van der Waals surface area contributed by atoms with Gasteiger partial charge in [0.15, 0.2) is 0 Å². The number of H-pyrrole nitrogens is 1. The Labute approximate surface area is 762 Å². The zero-order valence-corrected chi connectivity index (χ0v) is 75.1. The Bertz CT molecular complexity index is 5170. The van der Waals surface area contributed by atoms with Crippen LogP contribution in [-0.2, 0) is 120 Å². The maximum absolute atomic E-state index is 15.5. The number of aromatic hydroxyl groups is 2. The Morgan fingerprint density at radius 2 is 0.878 bits per heavy atom. The van der Waals surface area contributed by atoms with Crippen LogP contribution in [0.15, 0.2) is 170 Å². The molecule has 0 bridgehead atoms. The Balaban J connectivity index is 1.22. The molecule has 8 rings (SSSR count). The summed E-state index contributed by atoms with van der Waals surface area (Å²) in [6.07, 6.45) is -1.94. The number of benzene rings is 6. The van der Waals surface area contributed by atoms with Gasteiger partial charge in [0.05, 0.1) is 31.8 Å². The fourth-order valence-electron chi connectivity index (χ4n) is 15.0. The lowest BCUT2D eigenvalue weighted by Gasteiger charge is -2.37. The molecular weight excluding hydrogens is 1710 g/mol. The normalized spacial score (nSPS) is 21.7. The van der Waals surface area contributed by atoms with Crippen LogP contribution in [0.3, 0.4) is 0 Å². The number of thioether (sulfide) groups is 1. The smallest absolute Gasteiger partial charge is 0.305 e. The van der Waals surface area contributed by atoms with E-state index >= 15 is 38.4 Å². The van der Waals surface area contributed by atoms with Crippen molar-refractivity contribution in [2.24, 2.45) is 11.7 Å². The summed E-state index contributed by atoms with van der Waals surface area (Å²) < 4.78 is 0. The Morgan fingerprint density at radius 3 is 1.42 bits per heavy atom. The van der Waals surface area contributed by atoms with Crippen molar-refractivity contribution in [1.29, 1.82) is 0 Å². The minimum absolute atomic E-state index is 0.0106. The number of nitrogens with one attached hydrogen (secondary N) is 10. The summed E-state index contributed by atoms with van der Waals surface area (Å²) in [6.45, 7) is 2.87. The van der Waals surface area contributed by atoms with Crippen molar-refractivity contribution in [2.45, 2.75) is 171 Å². The number of para-hydroxylation sites is 1. The van der Waals surface area contributed by atoms with Crippen LogP contribution >= 0.6 is 11.8 Å². The van der Waals surface area contributed by atoms with Gasteiger partial charge in [-0.25, -0.2) is 0 Å². The van der Waals surface area contributed by atoms with E-state index in [1.54, 1.807) is 135 Å². The zero-order chi connectivity index (χ0) is 95.7. The van der Waals surface area contributed by atoms with Crippen molar-refractivity contribution in [1.82, 2.24) is 77.3 Å². The highest BCUT2D eigenvalue weighted by molar-refractivity contribution is 8.00. The SMILES string of the molecule is CCCCC1C(=O)N(C)CC(=O)NC(CC(=O)O)C(=O)NC(CCC(=O)O)C(=O)N(C)C(Cc2ccccc2)C(=O)NC(Cc2ccc(O)cc2)C(=O)N(C)CC(=O)NC(Cc2c[nH]c3ccccc23)C(=O)NC(Cc2ccc(O)cc2)C(=O)NC(CC(C)C)C(=O)NC(C(=O)NCC(N)=O)CSCC(=O)NC(Cc2ccccc2)C(=O)N(C)C(Cc2ccccc2)C(=O)N1C. The topological polar surface area (TPSA) is 537 Å². The number of nitrogens with two attached hydrogens (primary N) is 1. The molecule has 0 radical (unpaired) electrons. The van der Waals surface area contributed by atoms with Gasteiger partial charge in [0.1, 0.15) is 78.0 Å². The van der Waals surface area contributed by atoms with Crippen LogP contribution in [0.1, 0.15) is 99.1 Å². The number of aliphatic carboxylic acids is 2. The number of carbonyl (C=O) groups excluding carboxylic acids is 15. The number of primary amides is 1. The number of hydrogen-bond acceptors (Lipinski definition) is 20. The van der Waals surface area contributed by atoms with Crippen LogP contribution in [-0.4, -0.2) is 283 Å². The van der Waals surface area contributed by atoms with Crippen LogP contribution < -0.4 is 53.6 Å². The monoisotopic (exact) mass is 1820 g/mol. The molecular formula is C93H116N16O21S. The summed E-state index contributed by atoms with van der Waals surface area (Å²) in [5.74, 6) is -19.2. The van der Waals surface area contributed by atoms with Gasteiger partial charge in [0, 0.05) is 103 Å². The third-order valence-corrected chi connectivity index (χ3v) is 23.1. The van der Waals surface area contributed by atoms with Crippen LogP contribution in [0.4, 0.5) is 0 Å². The van der Waals surface area contributed by atoms with Crippen LogP contribution in [0.25, 0.3) is 10.9 Å². The lowest BCUT2D eigenvalue weighted by Crippen LogP contribution is -2.60. The highest BCUT2D eigenvalue weighted by Crippen LogP contribution is 2.25. The molecule has 1 saturated heterocycles. The van der Waals surface area contributed by atoms with Crippen LogP contribution in [0.2, 0.25) is 0 Å². The number of amides is 15. The van der Waals surface area contributed by atoms with Gasteiger partial charge in [0.2, 0.25) is 88.6 Å². The van der Waals surface area contributed by atoms with Crippen LogP contribution in [0.5, 0.6) is 11.5 Å². The third-order valence-electron chi connectivity index (χ3n) is 22.1. The van der Waals surface area contributed by atoms with Crippen molar-refractivity contribution in [3.63, 3.8) is 0 Å². The molecule has 1 aromatic heterocycles. The largest absolute Gasteiger partial charge is 0.508 e. The summed E-state index contributed by atoms with van der Waals surface area (Å²) in [6, 6.07) is 25.6. The standard InChI is InChI=1S/C93H116N16O21S/c1-9-10-30-74-92(129)106(5)52-79(114)98-70(48-82(118)119)87(124)100-66(39-40-81(116)117)90(127)108(7)75(45-57-24-16-12-17-25-57)88(125)103-71(44-60-33-37-63(111)38-34-60)89(126)105(4)51-78(113)97-69(47-61-49-95-65-29-21-20-28-64(61)65)86(123)102-68(42-59-31-35-62(110)36-32-59)85(122)101-67(41-55(2)3)84(121)104-73(83(120)96-50-77(94)112)53-131-54-80(115)99-72(43-56-22-14-11-15-23-56)91(128)109(8)76(93(130)107(74)6)46-58-26-18-13-19-27-58/h11-29,31-38,49,55,66-76,95,110-111H,9-10,30,39-48,50-54H2,1-8H3,(H2,94,112)(H,96,120)(H,97,113)(H,98,114)(H,99,115)(H,100,124)(H,101,122)(H,102,123)(H,103,125)(H,104,121)(H,116,117)(H,118,119). The molecule has 0 spiro atoms. The number of aromatic amines is 1. The summed E-state index contributed by atoms with van der Waals surface area (Å²) in [4.78, 5) is 255. The quantitative estimate of drug-likeness (QED) is 0.0386. The Morgan fingerprint density at radius 1 is 0.443 bits per heavy atom. The molecule has 38 heteroatoms. The fourth-order valence-corrected chi connectivity index (χ4v) is 15.9. The van der Waals surface area contributed by atoms with Gasteiger partial charge in [-0.2, -0.15) is 0 Å². The van der Waals surface area contributed by atoms with Gasteiger partial charge in [-0.15, -0.1) is 11.8 Å². The molecule has 131 heavy (non-hydrogen) atoms. The number of phenolic OH excluding ortho intramolecular Hbond substituents is 2. The molecule has 1 aliphatic rings.